The van der Waals surface area contributed by atoms with E-state index in [1.54, 1.807) is 12.5 Å². The third-order valence-electron chi connectivity index (χ3n) is 1.53. The molecule has 0 unspecified atom stereocenters. The molecule has 0 aromatic heterocycles. The van der Waals surface area contributed by atoms with Gasteiger partial charge in [-0.2, -0.15) is 0 Å². The van der Waals surface area contributed by atoms with Gasteiger partial charge in [-0.25, -0.2) is 0 Å². The minimum absolute atomic E-state index is 0.578. The standard InChI is InChI=1S/C12H22O4/c1-3-5-13-7-9-15-11-12-16-10-8-14-6-4-2/h3-6H,7-12H2,1-2H3/b5-3+,6-4+. The highest BCUT2D eigenvalue weighted by molar-refractivity contribution is 4.65. The van der Waals surface area contributed by atoms with Crippen LogP contribution in [0.2, 0.25) is 0 Å². The molecule has 0 aromatic rings. The van der Waals surface area contributed by atoms with Gasteiger partial charge in [-0.1, -0.05) is 12.2 Å². The lowest BCUT2D eigenvalue weighted by Gasteiger charge is -2.05. The van der Waals surface area contributed by atoms with Gasteiger partial charge in [0.25, 0.3) is 0 Å². The molecular weight excluding hydrogens is 208 g/mol. The van der Waals surface area contributed by atoms with Crippen LogP contribution in [0.1, 0.15) is 13.8 Å². The van der Waals surface area contributed by atoms with Crippen molar-refractivity contribution in [1.82, 2.24) is 0 Å². The Morgan fingerprint density at radius 1 is 0.625 bits per heavy atom. The summed E-state index contributed by atoms with van der Waals surface area (Å²) in [4.78, 5) is 0. The largest absolute Gasteiger partial charge is 0.499 e. The Balaban J connectivity index is 2.93. The number of allylic oxidation sites excluding steroid dienone is 2. The maximum Gasteiger partial charge on any atom is 0.111 e. The van der Waals surface area contributed by atoms with Crippen molar-refractivity contribution in [3.05, 3.63) is 24.7 Å². The maximum atomic E-state index is 5.27. The average Bonchev–Trinajstić information content (AvgIpc) is 2.31. The first kappa shape index (κ1) is 15.0. The topological polar surface area (TPSA) is 36.9 Å². The van der Waals surface area contributed by atoms with Gasteiger partial charge in [-0.3, -0.25) is 0 Å². The van der Waals surface area contributed by atoms with E-state index in [0.29, 0.717) is 39.6 Å². The van der Waals surface area contributed by atoms with Gasteiger partial charge in [0.15, 0.2) is 0 Å². The maximum absolute atomic E-state index is 5.27. The Kier molecular flexibility index (Phi) is 13.1. The lowest BCUT2D eigenvalue weighted by molar-refractivity contribution is 0.0185. The Morgan fingerprint density at radius 3 is 1.38 bits per heavy atom. The molecule has 16 heavy (non-hydrogen) atoms. The lowest BCUT2D eigenvalue weighted by Crippen LogP contribution is -2.10. The molecule has 0 aromatic carbocycles. The van der Waals surface area contributed by atoms with Crippen LogP contribution in [0.25, 0.3) is 0 Å². The molecule has 0 aliphatic carbocycles. The van der Waals surface area contributed by atoms with Crippen molar-refractivity contribution in [2.24, 2.45) is 0 Å². The van der Waals surface area contributed by atoms with Crippen LogP contribution in [0.4, 0.5) is 0 Å². The highest BCUT2D eigenvalue weighted by Crippen LogP contribution is 1.83. The third kappa shape index (κ3) is 13.0. The Morgan fingerprint density at radius 2 is 1.00 bits per heavy atom. The Hall–Kier alpha value is -1.00. The molecule has 0 saturated carbocycles. The second-order valence-corrected chi connectivity index (χ2v) is 2.91. The van der Waals surface area contributed by atoms with Crippen LogP contribution in [0.3, 0.4) is 0 Å². The highest BCUT2D eigenvalue weighted by atomic mass is 16.6. The average molecular weight is 230 g/mol. The van der Waals surface area contributed by atoms with E-state index in [9.17, 15) is 0 Å². The predicted octanol–water partition coefficient (Wildman–Crippen LogP) is 2.12. The molecule has 0 heterocycles. The summed E-state index contributed by atoms with van der Waals surface area (Å²) >= 11 is 0. The van der Waals surface area contributed by atoms with Crippen LogP contribution >= 0.6 is 0 Å². The molecule has 4 heteroatoms. The fourth-order valence-corrected chi connectivity index (χ4v) is 0.865. The van der Waals surface area contributed by atoms with Crippen LogP contribution in [-0.2, 0) is 18.9 Å². The van der Waals surface area contributed by atoms with Crippen LogP contribution in [-0.4, -0.2) is 39.6 Å². The summed E-state index contributed by atoms with van der Waals surface area (Å²) in [6, 6.07) is 0. The van der Waals surface area contributed by atoms with E-state index in [2.05, 4.69) is 0 Å². The molecule has 0 rings (SSSR count). The van der Waals surface area contributed by atoms with Crippen molar-refractivity contribution in [3.63, 3.8) is 0 Å². The minimum Gasteiger partial charge on any atom is -0.499 e. The summed E-state index contributed by atoms with van der Waals surface area (Å²) in [5, 5.41) is 0. The lowest BCUT2D eigenvalue weighted by atomic mass is 10.7. The highest BCUT2D eigenvalue weighted by Gasteiger charge is 1.90. The van der Waals surface area contributed by atoms with Crippen LogP contribution in [0.15, 0.2) is 24.7 Å². The molecule has 94 valence electrons. The zero-order chi connectivity index (χ0) is 11.9. The van der Waals surface area contributed by atoms with E-state index in [4.69, 9.17) is 18.9 Å². The molecule has 0 amide bonds. The summed E-state index contributed by atoms with van der Waals surface area (Å²) < 4.78 is 20.7. The van der Waals surface area contributed by atoms with Gasteiger partial charge in [-0.15, -0.1) is 0 Å². The van der Waals surface area contributed by atoms with Crippen molar-refractivity contribution in [3.8, 4) is 0 Å². The first-order valence-electron chi connectivity index (χ1n) is 5.52. The van der Waals surface area contributed by atoms with E-state index < -0.39 is 0 Å². The third-order valence-corrected chi connectivity index (χ3v) is 1.53. The van der Waals surface area contributed by atoms with E-state index in [1.807, 2.05) is 26.0 Å². The number of rotatable bonds is 11. The van der Waals surface area contributed by atoms with Crippen LogP contribution in [0.5, 0.6) is 0 Å². The molecule has 0 aliphatic heterocycles. The summed E-state index contributed by atoms with van der Waals surface area (Å²) in [6.07, 6.45) is 6.98. The van der Waals surface area contributed by atoms with Gasteiger partial charge < -0.3 is 18.9 Å². The van der Waals surface area contributed by atoms with Gasteiger partial charge in [-0.05, 0) is 13.8 Å². The summed E-state index contributed by atoms with van der Waals surface area (Å²) in [7, 11) is 0. The van der Waals surface area contributed by atoms with E-state index >= 15 is 0 Å². The number of hydrogen-bond donors (Lipinski definition) is 0. The van der Waals surface area contributed by atoms with Crippen molar-refractivity contribution in [1.29, 1.82) is 0 Å². The minimum atomic E-state index is 0.578. The molecular formula is C12H22O4. The molecule has 0 fully saturated rings. The SMILES string of the molecule is C/C=C/OCCOCCOCCO/C=C/C. The zero-order valence-corrected chi connectivity index (χ0v) is 10.2. The first-order chi connectivity index (χ1) is 7.91. The van der Waals surface area contributed by atoms with Crippen molar-refractivity contribution in [2.45, 2.75) is 13.8 Å². The van der Waals surface area contributed by atoms with Crippen molar-refractivity contribution in [2.75, 3.05) is 39.6 Å². The Labute approximate surface area is 97.8 Å². The molecule has 0 atom stereocenters. The monoisotopic (exact) mass is 230 g/mol. The van der Waals surface area contributed by atoms with Crippen molar-refractivity contribution >= 4 is 0 Å². The molecule has 0 N–H and O–H groups in total. The van der Waals surface area contributed by atoms with Gasteiger partial charge >= 0.3 is 0 Å². The van der Waals surface area contributed by atoms with Gasteiger partial charge in [0.2, 0.25) is 0 Å². The van der Waals surface area contributed by atoms with Crippen LogP contribution < -0.4 is 0 Å². The smallest absolute Gasteiger partial charge is 0.111 e. The van der Waals surface area contributed by atoms with Crippen LogP contribution in [0, 0.1) is 0 Å². The molecule has 0 radical (unpaired) electrons. The number of hydrogen-bond acceptors (Lipinski definition) is 4. The normalized spacial score (nSPS) is 11.4. The Bertz CT molecular complexity index is 158. The summed E-state index contributed by atoms with van der Waals surface area (Å²) in [5.41, 5.74) is 0. The molecule has 0 spiro atoms. The fourth-order valence-electron chi connectivity index (χ4n) is 0.865. The van der Waals surface area contributed by atoms with Gasteiger partial charge in [0.1, 0.15) is 13.2 Å². The van der Waals surface area contributed by atoms with E-state index in [1.165, 1.54) is 0 Å². The second kappa shape index (κ2) is 14.0. The molecule has 0 saturated heterocycles. The summed E-state index contributed by atoms with van der Waals surface area (Å²) in [6.45, 7) is 7.32. The first-order valence-corrected chi connectivity index (χ1v) is 5.52. The quantitative estimate of drug-likeness (QED) is 0.402. The molecule has 0 aliphatic rings. The van der Waals surface area contributed by atoms with Gasteiger partial charge in [0.05, 0.1) is 39.0 Å². The molecule has 0 bridgehead atoms. The van der Waals surface area contributed by atoms with Crippen molar-refractivity contribution < 1.29 is 18.9 Å². The van der Waals surface area contributed by atoms with Gasteiger partial charge in [0, 0.05) is 0 Å². The second-order valence-electron chi connectivity index (χ2n) is 2.91. The molecule has 4 nitrogen and oxygen atoms in total. The zero-order valence-electron chi connectivity index (χ0n) is 10.2. The van der Waals surface area contributed by atoms with E-state index in [0.717, 1.165) is 0 Å². The predicted molar refractivity (Wildman–Crippen MR) is 63.2 cm³/mol. The van der Waals surface area contributed by atoms with E-state index in [-0.39, 0.29) is 0 Å². The fraction of sp³-hybridized carbons (Fsp3) is 0.667. The summed E-state index contributed by atoms with van der Waals surface area (Å²) in [5.74, 6) is 0. The number of ether oxygens (including phenoxy) is 4.